The van der Waals surface area contributed by atoms with E-state index in [-0.39, 0.29) is 12.3 Å². The van der Waals surface area contributed by atoms with E-state index in [1.54, 1.807) is 12.1 Å². The highest BCUT2D eigenvalue weighted by Crippen LogP contribution is 2.35. The Morgan fingerprint density at radius 3 is 2.77 bits per heavy atom. The Morgan fingerprint density at radius 2 is 2.00 bits per heavy atom. The number of carbonyl (C=O) groups excluding carboxylic acids is 1. The number of carbonyl (C=O) groups is 1. The van der Waals surface area contributed by atoms with Crippen LogP contribution in [0.4, 0.5) is 18.9 Å². The van der Waals surface area contributed by atoms with E-state index in [1.807, 2.05) is 6.07 Å². The Kier molecular flexibility index (Phi) is 5.18. The molecule has 0 fully saturated rings. The highest BCUT2D eigenvalue weighted by atomic mass is 19.4. The number of fused-ring (bicyclic) bond motifs is 1. The van der Waals surface area contributed by atoms with Crippen LogP contribution in [0.2, 0.25) is 0 Å². The summed E-state index contributed by atoms with van der Waals surface area (Å²) in [5, 5.41) is 12.4. The SMILES string of the molecule is O=C(COc1cccc2c1CCCC2O)Nc1cccc(C(F)(F)F)c1. The van der Waals surface area contributed by atoms with Gasteiger partial charge in [-0.2, -0.15) is 13.2 Å². The molecule has 138 valence electrons. The first-order valence-electron chi connectivity index (χ1n) is 8.24. The van der Waals surface area contributed by atoms with Crippen LogP contribution >= 0.6 is 0 Å². The Morgan fingerprint density at radius 1 is 1.23 bits per heavy atom. The Balaban J connectivity index is 1.65. The molecule has 0 aliphatic heterocycles. The molecule has 0 spiro atoms. The number of benzene rings is 2. The quantitative estimate of drug-likeness (QED) is 0.858. The van der Waals surface area contributed by atoms with Gasteiger partial charge in [0.1, 0.15) is 5.75 Å². The highest BCUT2D eigenvalue weighted by Gasteiger charge is 2.30. The lowest BCUT2D eigenvalue weighted by molar-refractivity contribution is -0.137. The molecule has 0 bridgehead atoms. The number of halogens is 3. The lowest BCUT2D eigenvalue weighted by atomic mass is 9.89. The Labute approximate surface area is 148 Å². The molecule has 0 saturated carbocycles. The zero-order chi connectivity index (χ0) is 18.7. The van der Waals surface area contributed by atoms with Gasteiger partial charge in [-0.15, -0.1) is 0 Å². The van der Waals surface area contributed by atoms with E-state index in [0.717, 1.165) is 36.1 Å². The van der Waals surface area contributed by atoms with Gasteiger partial charge in [0.15, 0.2) is 6.61 Å². The van der Waals surface area contributed by atoms with Gasteiger partial charge in [0, 0.05) is 5.69 Å². The summed E-state index contributed by atoms with van der Waals surface area (Å²) < 4.78 is 43.7. The number of ether oxygens (including phenoxy) is 1. The molecule has 2 aromatic rings. The largest absolute Gasteiger partial charge is 0.483 e. The maximum absolute atomic E-state index is 12.7. The molecule has 1 atom stereocenters. The van der Waals surface area contributed by atoms with Crippen molar-refractivity contribution >= 4 is 11.6 Å². The number of rotatable bonds is 4. The monoisotopic (exact) mass is 365 g/mol. The van der Waals surface area contributed by atoms with Crippen LogP contribution in [0, 0.1) is 0 Å². The van der Waals surface area contributed by atoms with Crippen LogP contribution in [0.1, 0.15) is 35.6 Å². The van der Waals surface area contributed by atoms with Crippen molar-refractivity contribution < 1.29 is 27.8 Å². The molecular weight excluding hydrogens is 347 g/mol. The second-order valence-corrected chi connectivity index (χ2v) is 6.15. The molecule has 2 N–H and O–H groups in total. The van der Waals surface area contributed by atoms with Crippen molar-refractivity contribution in [1.82, 2.24) is 0 Å². The van der Waals surface area contributed by atoms with Gasteiger partial charge in [-0.1, -0.05) is 18.2 Å². The number of hydrogen-bond acceptors (Lipinski definition) is 3. The van der Waals surface area contributed by atoms with Crippen LogP contribution in [0.5, 0.6) is 5.75 Å². The maximum atomic E-state index is 12.7. The number of amides is 1. The van der Waals surface area contributed by atoms with E-state index < -0.39 is 23.8 Å². The van der Waals surface area contributed by atoms with Crippen LogP contribution in [0.3, 0.4) is 0 Å². The molecule has 1 aliphatic rings. The van der Waals surface area contributed by atoms with E-state index in [0.29, 0.717) is 12.2 Å². The zero-order valence-corrected chi connectivity index (χ0v) is 13.8. The van der Waals surface area contributed by atoms with Crippen LogP contribution in [0.15, 0.2) is 42.5 Å². The summed E-state index contributed by atoms with van der Waals surface area (Å²) in [4.78, 5) is 12.0. The highest BCUT2D eigenvalue weighted by molar-refractivity contribution is 5.92. The minimum Gasteiger partial charge on any atom is -0.483 e. The minimum atomic E-state index is -4.47. The number of anilines is 1. The number of hydrogen-bond donors (Lipinski definition) is 2. The molecule has 4 nitrogen and oxygen atoms in total. The lowest BCUT2D eigenvalue weighted by Gasteiger charge is -2.23. The Hall–Kier alpha value is -2.54. The topological polar surface area (TPSA) is 58.6 Å². The fraction of sp³-hybridized carbons (Fsp3) is 0.316. The van der Waals surface area contributed by atoms with Crippen molar-refractivity contribution in [2.45, 2.75) is 31.5 Å². The van der Waals surface area contributed by atoms with Crippen molar-refractivity contribution in [2.75, 3.05) is 11.9 Å². The smallest absolute Gasteiger partial charge is 0.416 e. The molecule has 2 aromatic carbocycles. The van der Waals surface area contributed by atoms with E-state index in [4.69, 9.17) is 4.74 Å². The predicted octanol–water partition coefficient (Wildman–Crippen LogP) is 4.09. The van der Waals surface area contributed by atoms with Crippen molar-refractivity contribution in [3.63, 3.8) is 0 Å². The predicted molar refractivity (Wildman–Crippen MR) is 89.9 cm³/mol. The fourth-order valence-corrected chi connectivity index (χ4v) is 3.04. The molecule has 1 amide bonds. The average molecular weight is 365 g/mol. The molecule has 0 aromatic heterocycles. The van der Waals surface area contributed by atoms with Gasteiger partial charge in [0.05, 0.1) is 11.7 Å². The normalized spacial score (nSPS) is 16.7. The van der Waals surface area contributed by atoms with Gasteiger partial charge < -0.3 is 15.2 Å². The van der Waals surface area contributed by atoms with Gasteiger partial charge in [0.25, 0.3) is 5.91 Å². The molecule has 0 saturated heterocycles. The minimum absolute atomic E-state index is 0.0546. The van der Waals surface area contributed by atoms with Gasteiger partial charge in [0.2, 0.25) is 0 Å². The van der Waals surface area contributed by atoms with Crippen molar-refractivity contribution in [3.8, 4) is 5.75 Å². The van der Waals surface area contributed by atoms with Crippen molar-refractivity contribution in [3.05, 3.63) is 59.2 Å². The second kappa shape index (κ2) is 7.37. The summed E-state index contributed by atoms with van der Waals surface area (Å²) in [6.07, 6.45) is -2.75. The summed E-state index contributed by atoms with van der Waals surface area (Å²) in [6, 6.07) is 9.71. The summed E-state index contributed by atoms with van der Waals surface area (Å²) in [5.41, 5.74) is 0.895. The first-order valence-corrected chi connectivity index (χ1v) is 8.24. The van der Waals surface area contributed by atoms with E-state index >= 15 is 0 Å². The van der Waals surface area contributed by atoms with Crippen LogP contribution in [-0.4, -0.2) is 17.6 Å². The Bertz CT molecular complexity index is 805. The average Bonchev–Trinajstić information content (AvgIpc) is 2.60. The molecule has 0 radical (unpaired) electrons. The van der Waals surface area contributed by atoms with Crippen LogP contribution in [0.25, 0.3) is 0 Å². The molecule has 1 unspecified atom stereocenters. The summed E-state index contributed by atoms with van der Waals surface area (Å²) in [7, 11) is 0. The molecule has 1 aliphatic carbocycles. The summed E-state index contributed by atoms with van der Waals surface area (Å²) in [5.74, 6) is -0.0428. The van der Waals surface area contributed by atoms with Gasteiger partial charge in [-0.25, -0.2) is 0 Å². The lowest BCUT2D eigenvalue weighted by Crippen LogP contribution is -2.21. The third-order valence-electron chi connectivity index (χ3n) is 4.27. The standard InChI is InChI=1S/C19H18F3NO3/c20-19(21,22)12-4-1-5-13(10-12)23-18(25)11-26-17-9-3-6-14-15(17)7-2-8-16(14)24/h1,3-6,9-10,16,24H,2,7-8,11H2,(H,23,25). The number of nitrogens with one attached hydrogen (secondary N) is 1. The molecular formula is C19H18F3NO3. The van der Waals surface area contributed by atoms with Gasteiger partial charge in [-0.05, 0) is 54.7 Å². The third kappa shape index (κ3) is 4.16. The summed E-state index contributed by atoms with van der Waals surface area (Å²) >= 11 is 0. The van der Waals surface area contributed by atoms with E-state index in [9.17, 15) is 23.1 Å². The molecule has 26 heavy (non-hydrogen) atoms. The van der Waals surface area contributed by atoms with Crippen LogP contribution < -0.4 is 10.1 Å². The van der Waals surface area contributed by atoms with Crippen LogP contribution in [-0.2, 0) is 17.4 Å². The second-order valence-electron chi connectivity index (χ2n) is 6.15. The molecule has 0 heterocycles. The number of aliphatic hydroxyl groups excluding tert-OH is 1. The third-order valence-corrected chi connectivity index (χ3v) is 4.27. The molecule has 7 heteroatoms. The van der Waals surface area contributed by atoms with Crippen molar-refractivity contribution in [1.29, 1.82) is 0 Å². The van der Waals surface area contributed by atoms with E-state index in [1.165, 1.54) is 12.1 Å². The number of alkyl halides is 3. The fourth-order valence-electron chi connectivity index (χ4n) is 3.04. The van der Waals surface area contributed by atoms with Gasteiger partial charge >= 0.3 is 6.18 Å². The molecule has 3 rings (SSSR count). The summed E-state index contributed by atoms with van der Waals surface area (Å²) in [6.45, 7) is -0.331. The van der Waals surface area contributed by atoms with E-state index in [2.05, 4.69) is 5.32 Å². The first kappa shape index (κ1) is 18.3. The van der Waals surface area contributed by atoms with Gasteiger partial charge in [-0.3, -0.25) is 4.79 Å². The first-order chi connectivity index (χ1) is 12.3. The van der Waals surface area contributed by atoms with Crippen molar-refractivity contribution in [2.24, 2.45) is 0 Å². The number of aliphatic hydroxyl groups is 1. The zero-order valence-electron chi connectivity index (χ0n) is 13.8. The maximum Gasteiger partial charge on any atom is 0.416 e.